The Morgan fingerprint density at radius 2 is 1.91 bits per heavy atom. The van der Waals surface area contributed by atoms with Gasteiger partial charge in [0.05, 0.1) is 12.1 Å². The Hall–Kier alpha value is -2.14. The number of para-hydroxylation sites is 1. The van der Waals surface area contributed by atoms with Crippen LogP contribution in [0.15, 0.2) is 53.0 Å². The van der Waals surface area contributed by atoms with E-state index in [2.05, 4.69) is 21.2 Å². The van der Waals surface area contributed by atoms with Crippen LogP contribution >= 0.6 is 15.9 Å². The van der Waals surface area contributed by atoms with Crippen molar-refractivity contribution in [3.63, 3.8) is 0 Å². The molecule has 0 aromatic heterocycles. The third-order valence-corrected chi connectivity index (χ3v) is 4.30. The molecule has 1 fully saturated rings. The summed E-state index contributed by atoms with van der Waals surface area (Å²) in [5, 5.41) is 3.14. The van der Waals surface area contributed by atoms with Gasteiger partial charge in [-0.15, -0.1) is 0 Å². The third-order valence-electron chi connectivity index (χ3n) is 3.61. The van der Waals surface area contributed by atoms with Gasteiger partial charge >= 0.3 is 0 Å². The monoisotopic (exact) mass is 358 g/mol. The fourth-order valence-electron chi connectivity index (χ4n) is 2.55. The molecule has 1 heterocycles. The van der Waals surface area contributed by atoms with E-state index in [1.165, 1.54) is 4.90 Å². The molecular formula is C17H15BrN2O2. The van der Waals surface area contributed by atoms with Gasteiger partial charge in [0.25, 0.3) is 5.91 Å². The lowest BCUT2D eigenvalue weighted by atomic mass is 10.2. The van der Waals surface area contributed by atoms with E-state index in [1.54, 1.807) is 6.07 Å². The highest BCUT2D eigenvalue weighted by atomic mass is 79.9. The number of benzene rings is 2. The average molecular weight is 359 g/mol. The number of imide groups is 1. The summed E-state index contributed by atoms with van der Waals surface area (Å²) in [6, 6.07) is 14.4. The van der Waals surface area contributed by atoms with Crippen molar-refractivity contribution in [2.24, 2.45) is 0 Å². The number of anilines is 2. The highest BCUT2D eigenvalue weighted by molar-refractivity contribution is 9.10. The molecule has 3 rings (SSSR count). The topological polar surface area (TPSA) is 49.4 Å². The number of hydrogen-bond acceptors (Lipinski definition) is 3. The normalized spacial score (nSPS) is 17.9. The van der Waals surface area contributed by atoms with Gasteiger partial charge in [0.15, 0.2) is 0 Å². The van der Waals surface area contributed by atoms with Crippen LogP contribution < -0.4 is 10.2 Å². The van der Waals surface area contributed by atoms with E-state index < -0.39 is 6.04 Å². The summed E-state index contributed by atoms with van der Waals surface area (Å²) in [6.45, 7) is 1.94. The number of carbonyl (C=O) groups excluding carboxylic acids is 2. The van der Waals surface area contributed by atoms with E-state index in [9.17, 15) is 9.59 Å². The lowest BCUT2D eigenvalue weighted by Gasteiger charge is -2.17. The Bertz CT molecular complexity index is 745. The lowest BCUT2D eigenvalue weighted by Crippen LogP contribution is -2.34. The summed E-state index contributed by atoms with van der Waals surface area (Å²) in [5.74, 6) is -0.397. The molecule has 5 heteroatoms. The summed E-state index contributed by atoms with van der Waals surface area (Å²) in [6.07, 6.45) is 0.161. The first-order valence-electron chi connectivity index (χ1n) is 7.01. The van der Waals surface area contributed by atoms with Crippen LogP contribution in [0, 0.1) is 6.92 Å². The lowest BCUT2D eigenvalue weighted by molar-refractivity contribution is -0.121. The van der Waals surface area contributed by atoms with Crippen molar-refractivity contribution in [2.45, 2.75) is 19.4 Å². The predicted octanol–water partition coefficient (Wildman–Crippen LogP) is 3.50. The van der Waals surface area contributed by atoms with Crippen molar-refractivity contribution < 1.29 is 9.59 Å². The highest BCUT2D eigenvalue weighted by Crippen LogP contribution is 2.28. The summed E-state index contributed by atoms with van der Waals surface area (Å²) < 4.78 is 0.865. The maximum atomic E-state index is 12.6. The molecule has 4 nitrogen and oxygen atoms in total. The second-order valence-electron chi connectivity index (χ2n) is 5.29. The number of aryl methyl sites for hydroxylation is 1. The van der Waals surface area contributed by atoms with E-state index in [0.29, 0.717) is 5.69 Å². The van der Waals surface area contributed by atoms with Crippen molar-refractivity contribution >= 4 is 39.1 Å². The van der Waals surface area contributed by atoms with Crippen molar-refractivity contribution in [3.8, 4) is 0 Å². The van der Waals surface area contributed by atoms with Crippen molar-refractivity contribution in [3.05, 3.63) is 58.6 Å². The van der Waals surface area contributed by atoms with E-state index >= 15 is 0 Å². The summed E-state index contributed by atoms with van der Waals surface area (Å²) >= 11 is 3.44. The zero-order chi connectivity index (χ0) is 15.7. The largest absolute Gasteiger partial charge is 0.372 e. The van der Waals surface area contributed by atoms with Crippen molar-refractivity contribution in [2.75, 3.05) is 10.2 Å². The van der Waals surface area contributed by atoms with Crippen molar-refractivity contribution in [1.82, 2.24) is 0 Å². The molecule has 1 N–H and O–H groups in total. The average Bonchev–Trinajstić information content (AvgIpc) is 2.76. The molecule has 1 aliphatic rings. The number of nitrogens with one attached hydrogen (secondary N) is 1. The molecule has 1 atom stereocenters. The molecule has 1 aliphatic heterocycles. The minimum atomic E-state index is -0.535. The Morgan fingerprint density at radius 3 is 2.64 bits per heavy atom. The Labute approximate surface area is 137 Å². The van der Waals surface area contributed by atoms with Gasteiger partial charge in [-0.1, -0.05) is 24.3 Å². The zero-order valence-corrected chi connectivity index (χ0v) is 13.6. The fourth-order valence-corrected chi connectivity index (χ4v) is 2.95. The van der Waals surface area contributed by atoms with Crippen LogP contribution in [0.3, 0.4) is 0 Å². The summed E-state index contributed by atoms with van der Waals surface area (Å²) in [5.41, 5.74) is 2.45. The van der Waals surface area contributed by atoms with Crippen LogP contribution in [0.25, 0.3) is 0 Å². The first kappa shape index (κ1) is 14.8. The Kier molecular flexibility index (Phi) is 3.98. The van der Waals surface area contributed by atoms with Crippen molar-refractivity contribution in [1.29, 1.82) is 0 Å². The minimum absolute atomic E-state index is 0.161. The highest BCUT2D eigenvalue weighted by Gasteiger charge is 2.39. The second kappa shape index (κ2) is 5.93. The Balaban J connectivity index is 1.84. The summed E-state index contributed by atoms with van der Waals surface area (Å²) in [4.78, 5) is 26.1. The number of rotatable bonds is 3. The third kappa shape index (κ3) is 2.76. The molecule has 1 saturated heterocycles. The maximum absolute atomic E-state index is 12.6. The first-order valence-corrected chi connectivity index (χ1v) is 7.80. The number of amides is 2. The molecule has 2 aromatic carbocycles. The van der Waals surface area contributed by atoms with Crippen LogP contribution in [0.2, 0.25) is 0 Å². The number of nitrogens with zero attached hydrogens (tertiary/aromatic N) is 1. The van der Waals surface area contributed by atoms with Gasteiger partial charge in [0.2, 0.25) is 5.91 Å². The van der Waals surface area contributed by atoms with E-state index in [1.807, 2.05) is 49.4 Å². The molecule has 2 amide bonds. The maximum Gasteiger partial charge on any atom is 0.256 e. The van der Waals surface area contributed by atoms with Gasteiger partial charge < -0.3 is 5.32 Å². The quantitative estimate of drug-likeness (QED) is 0.854. The number of hydrogen-bond donors (Lipinski definition) is 1. The molecule has 22 heavy (non-hydrogen) atoms. The van der Waals surface area contributed by atoms with Gasteiger partial charge in [-0.3, -0.25) is 9.59 Å². The predicted molar refractivity (Wildman–Crippen MR) is 89.8 cm³/mol. The first-order chi connectivity index (χ1) is 10.6. The Morgan fingerprint density at radius 1 is 1.14 bits per heavy atom. The molecule has 112 valence electrons. The standard InChI is InChI=1S/C17H15BrN2O2/c1-11-5-4-6-12(9-11)20-16(21)10-15(17(20)22)19-14-8-3-2-7-13(14)18/h2-9,15,19H,10H2,1H3. The second-order valence-corrected chi connectivity index (χ2v) is 6.14. The molecule has 0 aliphatic carbocycles. The van der Waals surface area contributed by atoms with Crippen LogP contribution in [-0.2, 0) is 9.59 Å². The van der Waals surface area contributed by atoms with Gasteiger partial charge in [-0.2, -0.15) is 0 Å². The van der Waals surface area contributed by atoms with Gasteiger partial charge in [-0.25, -0.2) is 4.90 Å². The van der Waals surface area contributed by atoms with Gasteiger partial charge in [0.1, 0.15) is 6.04 Å². The molecular weight excluding hydrogens is 344 g/mol. The minimum Gasteiger partial charge on any atom is -0.372 e. The van der Waals surface area contributed by atoms with Crippen LogP contribution in [0.5, 0.6) is 0 Å². The van der Waals surface area contributed by atoms with Gasteiger partial charge in [0, 0.05) is 10.2 Å². The summed E-state index contributed by atoms with van der Waals surface area (Å²) in [7, 11) is 0. The van der Waals surface area contributed by atoms with Crippen LogP contribution in [-0.4, -0.2) is 17.9 Å². The van der Waals surface area contributed by atoms with E-state index in [0.717, 1.165) is 15.7 Å². The van der Waals surface area contributed by atoms with E-state index in [4.69, 9.17) is 0 Å². The zero-order valence-electron chi connectivity index (χ0n) is 12.0. The van der Waals surface area contributed by atoms with E-state index in [-0.39, 0.29) is 18.2 Å². The molecule has 0 bridgehead atoms. The molecule has 0 saturated carbocycles. The smallest absolute Gasteiger partial charge is 0.256 e. The van der Waals surface area contributed by atoms with Gasteiger partial charge in [-0.05, 0) is 52.7 Å². The molecule has 0 radical (unpaired) electrons. The number of halogens is 1. The van der Waals surface area contributed by atoms with Crippen LogP contribution in [0.1, 0.15) is 12.0 Å². The SMILES string of the molecule is Cc1cccc(N2C(=O)CC(Nc3ccccc3Br)C2=O)c1. The van der Waals surface area contributed by atoms with Crippen LogP contribution in [0.4, 0.5) is 11.4 Å². The fraction of sp³-hybridized carbons (Fsp3) is 0.176. The molecule has 1 unspecified atom stereocenters. The molecule has 0 spiro atoms. The number of carbonyl (C=O) groups is 2. The molecule has 2 aromatic rings.